The predicted octanol–water partition coefficient (Wildman–Crippen LogP) is 2.46. The molecule has 1 spiro atoms. The lowest BCUT2D eigenvalue weighted by molar-refractivity contribution is -0.140. The Morgan fingerprint density at radius 3 is 2.44 bits per heavy atom. The van der Waals surface area contributed by atoms with Gasteiger partial charge in [0.25, 0.3) is 0 Å². The molecule has 0 aromatic rings. The second kappa shape index (κ2) is 10.8. The van der Waals surface area contributed by atoms with Crippen LogP contribution in [0.5, 0.6) is 0 Å². The number of amides is 3. The van der Waals surface area contributed by atoms with E-state index in [9.17, 15) is 14.4 Å². The van der Waals surface area contributed by atoms with E-state index in [0.29, 0.717) is 19.6 Å². The summed E-state index contributed by atoms with van der Waals surface area (Å²) in [4.78, 5) is 42.2. The molecule has 5 atom stereocenters. The first kappa shape index (κ1) is 25.3. The van der Waals surface area contributed by atoms with E-state index < -0.39 is 16.7 Å². The van der Waals surface area contributed by atoms with Gasteiger partial charge in [-0.2, -0.15) is 0 Å². The van der Waals surface area contributed by atoms with Gasteiger partial charge in [-0.15, -0.1) is 11.8 Å². The molecule has 182 valence electrons. The first-order chi connectivity index (χ1) is 15.4. The summed E-state index contributed by atoms with van der Waals surface area (Å²) in [5.41, 5.74) is 0. The molecule has 3 aliphatic heterocycles. The van der Waals surface area contributed by atoms with E-state index >= 15 is 0 Å². The maximum Gasteiger partial charge on any atom is 0.244 e. The highest BCUT2D eigenvalue weighted by Gasteiger charge is 2.76. The molecule has 32 heavy (non-hydrogen) atoms. The van der Waals surface area contributed by atoms with Crippen molar-refractivity contribution in [3.8, 4) is 0 Å². The van der Waals surface area contributed by atoms with E-state index in [-0.39, 0.29) is 35.0 Å². The molecule has 3 amide bonds. The molecular formula is C24H41N3O4S. The quantitative estimate of drug-likeness (QED) is 0.362. The van der Waals surface area contributed by atoms with E-state index in [0.717, 1.165) is 57.8 Å². The number of aliphatic hydroxyl groups is 1. The van der Waals surface area contributed by atoms with Gasteiger partial charge in [0.2, 0.25) is 17.7 Å². The molecule has 3 N–H and O–H groups in total. The average molecular weight is 468 g/mol. The molecule has 3 rings (SSSR count). The maximum absolute atomic E-state index is 13.8. The van der Waals surface area contributed by atoms with Crippen LogP contribution in [0.25, 0.3) is 0 Å². The second-order valence-corrected chi connectivity index (χ2v) is 11.7. The number of nitrogens with zero attached hydrogens (tertiary/aromatic N) is 1. The van der Waals surface area contributed by atoms with Crippen molar-refractivity contribution in [3.05, 3.63) is 0 Å². The summed E-state index contributed by atoms with van der Waals surface area (Å²) in [5.74, 6) is -0.920. The molecule has 2 bridgehead atoms. The number of rotatable bonds is 13. The predicted molar refractivity (Wildman–Crippen MR) is 127 cm³/mol. The first-order valence-corrected chi connectivity index (χ1v) is 13.3. The molecule has 3 heterocycles. The Morgan fingerprint density at radius 1 is 1.03 bits per heavy atom. The highest BCUT2D eigenvalue weighted by Crippen LogP contribution is 2.71. The molecule has 0 aromatic heterocycles. The number of hydrogen-bond acceptors (Lipinski definition) is 5. The average Bonchev–Trinajstić information content (AvgIpc) is 3.33. The van der Waals surface area contributed by atoms with Gasteiger partial charge in [-0.3, -0.25) is 14.4 Å². The van der Waals surface area contributed by atoms with E-state index in [1.54, 1.807) is 16.7 Å². The van der Waals surface area contributed by atoms with Crippen LogP contribution in [-0.2, 0) is 14.4 Å². The topological polar surface area (TPSA) is 98.7 Å². The third-order valence-electron chi connectivity index (χ3n) is 7.49. The summed E-state index contributed by atoms with van der Waals surface area (Å²) < 4.78 is -0.811. The largest absolute Gasteiger partial charge is 0.396 e. The van der Waals surface area contributed by atoms with E-state index in [1.165, 1.54) is 0 Å². The summed E-state index contributed by atoms with van der Waals surface area (Å²) in [6.45, 7) is 8.17. The molecule has 3 fully saturated rings. The van der Waals surface area contributed by atoms with Gasteiger partial charge in [0.15, 0.2) is 0 Å². The zero-order valence-electron chi connectivity index (χ0n) is 20.0. The third-order valence-corrected chi connectivity index (χ3v) is 9.48. The van der Waals surface area contributed by atoms with Gasteiger partial charge in [-0.1, -0.05) is 33.1 Å². The lowest BCUT2D eigenvalue weighted by Gasteiger charge is -2.34. The molecule has 0 saturated carbocycles. The number of nitrogens with one attached hydrogen (secondary N) is 2. The van der Waals surface area contributed by atoms with Crippen molar-refractivity contribution in [1.82, 2.24) is 15.5 Å². The summed E-state index contributed by atoms with van der Waals surface area (Å²) in [6.07, 6.45) is 7.82. The molecule has 8 heteroatoms. The van der Waals surface area contributed by atoms with Crippen LogP contribution in [0.1, 0.15) is 78.6 Å². The van der Waals surface area contributed by atoms with Crippen LogP contribution in [0.2, 0.25) is 0 Å². The minimum absolute atomic E-state index is 0.0182. The van der Waals surface area contributed by atoms with Gasteiger partial charge < -0.3 is 20.6 Å². The van der Waals surface area contributed by atoms with Gasteiger partial charge in [0, 0.05) is 31.0 Å². The standard InChI is InChI=1S/C24H41N3O4S/c1-4-6-14-26-21(30)19-24-12-11-23(3,32-24)17(20(29)25-13-5-2)18(24)22(31)27(19)15-9-7-8-10-16-28/h17-19,28H,4-16H2,1-3H3,(H,25,29)(H,26,30)/t17-,18+,19?,23+,24?/m1/s1. The van der Waals surface area contributed by atoms with Crippen LogP contribution >= 0.6 is 11.8 Å². The third kappa shape index (κ3) is 4.54. The zero-order chi connectivity index (χ0) is 23.4. The van der Waals surface area contributed by atoms with Crippen LogP contribution < -0.4 is 10.6 Å². The van der Waals surface area contributed by atoms with Crippen molar-refractivity contribution in [2.75, 3.05) is 26.2 Å². The van der Waals surface area contributed by atoms with Crippen LogP contribution in [0.3, 0.4) is 0 Å². The Hall–Kier alpha value is -1.28. The minimum atomic E-state index is -0.512. The van der Waals surface area contributed by atoms with Crippen molar-refractivity contribution in [2.24, 2.45) is 11.8 Å². The molecule has 2 unspecified atom stereocenters. The summed E-state index contributed by atoms with van der Waals surface area (Å²) >= 11 is 1.74. The molecule has 0 aliphatic carbocycles. The number of carbonyl (C=O) groups excluding carboxylic acids is 3. The fourth-order valence-electron chi connectivity index (χ4n) is 5.96. The smallest absolute Gasteiger partial charge is 0.244 e. The summed E-state index contributed by atoms with van der Waals surface area (Å²) in [5, 5.41) is 15.1. The molecule has 3 saturated heterocycles. The van der Waals surface area contributed by atoms with Crippen LogP contribution in [0.4, 0.5) is 0 Å². The Balaban J connectivity index is 1.86. The number of carbonyl (C=O) groups is 3. The number of hydrogen-bond donors (Lipinski definition) is 3. The SMILES string of the molecule is CCCCNC(=O)C1N(CCCCCCO)C(=O)[C@@H]2[C@H](C(=O)NCCC)[C@]3(C)CCC12S3. The Bertz CT molecular complexity index is 705. The number of aliphatic hydroxyl groups excluding tert-OH is 1. The zero-order valence-corrected chi connectivity index (χ0v) is 20.8. The first-order valence-electron chi connectivity index (χ1n) is 12.5. The molecular weight excluding hydrogens is 426 g/mol. The van der Waals surface area contributed by atoms with Gasteiger partial charge in [0.1, 0.15) is 6.04 Å². The Morgan fingerprint density at radius 2 is 1.75 bits per heavy atom. The Kier molecular flexibility index (Phi) is 8.53. The van der Waals surface area contributed by atoms with Crippen molar-refractivity contribution in [3.63, 3.8) is 0 Å². The van der Waals surface area contributed by atoms with Gasteiger partial charge in [0.05, 0.1) is 16.6 Å². The fraction of sp³-hybridized carbons (Fsp3) is 0.875. The van der Waals surface area contributed by atoms with Gasteiger partial charge >= 0.3 is 0 Å². The van der Waals surface area contributed by atoms with Crippen LogP contribution in [0, 0.1) is 11.8 Å². The van der Waals surface area contributed by atoms with Crippen molar-refractivity contribution >= 4 is 29.5 Å². The van der Waals surface area contributed by atoms with Crippen molar-refractivity contribution in [2.45, 2.75) is 94.1 Å². The highest BCUT2D eigenvalue weighted by molar-refractivity contribution is 8.02. The number of unbranched alkanes of at least 4 members (excludes halogenated alkanes) is 4. The van der Waals surface area contributed by atoms with E-state index in [1.807, 2.05) is 6.92 Å². The van der Waals surface area contributed by atoms with Crippen LogP contribution in [-0.4, -0.2) is 69.5 Å². The normalized spacial score (nSPS) is 32.9. The van der Waals surface area contributed by atoms with Crippen molar-refractivity contribution in [1.29, 1.82) is 0 Å². The molecule has 0 radical (unpaired) electrons. The van der Waals surface area contributed by atoms with E-state index in [2.05, 4.69) is 24.5 Å². The van der Waals surface area contributed by atoms with Crippen LogP contribution in [0.15, 0.2) is 0 Å². The van der Waals surface area contributed by atoms with Crippen molar-refractivity contribution < 1.29 is 19.5 Å². The molecule has 0 aromatic carbocycles. The maximum atomic E-state index is 13.8. The Labute approximate surface area is 196 Å². The number of fused-ring (bicyclic) bond motifs is 1. The molecule has 7 nitrogen and oxygen atoms in total. The highest BCUT2D eigenvalue weighted by atomic mass is 32.2. The number of likely N-dealkylation sites (tertiary alicyclic amines) is 1. The lowest BCUT2D eigenvalue weighted by atomic mass is 9.66. The molecule has 3 aliphatic rings. The second-order valence-electron chi connectivity index (χ2n) is 9.83. The van der Waals surface area contributed by atoms with E-state index in [4.69, 9.17) is 5.11 Å². The fourth-order valence-corrected chi connectivity index (χ4v) is 8.31. The van der Waals surface area contributed by atoms with Gasteiger partial charge in [-0.05, 0) is 45.4 Å². The van der Waals surface area contributed by atoms with Gasteiger partial charge in [-0.25, -0.2) is 0 Å². The monoisotopic (exact) mass is 467 g/mol. The lowest BCUT2D eigenvalue weighted by Crippen LogP contribution is -2.54. The number of thioether (sulfide) groups is 1. The minimum Gasteiger partial charge on any atom is -0.396 e. The summed E-state index contributed by atoms with van der Waals surface area (Å²) in [7, 11) is 0. The summed E-state index contributed by atoms with van der Waals surface area (Å²) in [6, 6.07) is -0.509.